The molecule has 0 aromatic heterocycles. The van der Waals surface area contributed by atoms with E-state index in [9.17, 15) is 9.18 Å². The molecule has 25 heavy (non-hydrogen) atoms. The highest BCUT2D eigenvalue weighted by Crippen LogP contribution is 2.20. The van der Waals surface area contributed by atoms with Crippen LogP contribution < -0.4 is 9.47 Å². The number of carbonyl (C=O) groups excluding carboxylic acids is 1. The SMILES string of the molecule is COc1cccc(CCC(=O)N2CCC(Oc3cccc(F)c3)C2)c1. The number of hydrogen-bond acceptors (Lipinski definition) is 3. The fourth-order valence-electron chi connectivity index (χ4n) is 3.02. The van der Waals surface area contributed by atoms with Crippen molar-refractivity contribution in [2.24, 2.45) is 0 Å². The average molecular weight is 343 g/mol. The molecule has 0 spiro atoms. The number of likely N-dealkylation sites (tertiary alicyclic amines) is 1. The molecule has 5 heteroatoms. The van der Waals surface area contributed by atoms with Gasteiger partial charge in [-0.2, -0.15) is 0 Å². The summed E-state index contributed by atoms with van der Waals surface area (Å²) in [5.41, 5.74) is 1.08. The summed E-state index contributed by atoms with van der Waals surface area (Å²) in [5.74, 6) is 1.11. The molecule has 1 saturated heterocycles. The van der Waals surface area contributed by atoms with E-state index in [2.05, 4.69) is 0 Å². The lowest BCUT2D eigenvalue weighted by Crippen LogP contribution is -2.31. The van der Waals surface area contributed by atoms with Crippen molar-refractivity contribution in [3.05, 3.63) is 59.9 Å². The third-order valence-electron chi connectivity index (χ3n) is 4.36. The van der Waals surface area contributed by atoms with E-state index in [1.165, 1.54) is 12.1 Å². The number of carbonyl (C=O) groups is 1. The van der Waals surface area contributed by atoms with Crippen LogP contribution in [0.4, 0.5) is 4.39 Å². The second kappa shape index (κ2) is 8.01. The van der Waals surface area contributed by atoms with Crippen LogP contribution in [0, 0.1) is 5.82 Å². The van der Waals surface area contributed by atoms with Crippen LogP contribution in [-0.2, 0) is 11.2 Å². The molecule has 1 amide bonds. The lowest BCUT2D eigenvalue weighted by molar-refractivity contribution is -0.130. The van der Waals surface area contributed by atoms with Gasteiger partial charge in [0.25, 0.3) is 0 Å². The van der Waals surface area contributed by atoms with Gasteiger partial charge in [0.05, 0.1) is 13.7 Å². The standard InChI is InChI=1S/C20H22FNO3/c1-24-17-6-2-4-15(12-17)8-9-20(23)22-11-10-19(14-22)25-18-7-3-5-16(21)13-18/h2-7,12-13,19H,8-11,14H2,1H3. The minimum absolute atomic E-state index is 0.0810. The zero-order valence-corrected chi connectivity index (χ0v) is 14.3. The Bertz CT molecular complexity index is 734. The third kappa shape index (κ3) is 4.72. The molecule has 132 valence electrons. The molecule has 0 N–H and O–H groups in total. The van der Waals surface area contributed by atoms with Gasteiger partial charge in [-0.15, -0.1) is 0 Å². The molecule has 1 aliphatic heterocycles. The summed E-state index contributed by atoms with van der Waals surface area (Å²) >= 11 is 0. The van der Waals surface area contributed by atoms with E-state index >= 15 is 0 Å². The predicted molar refractivity (Wildman–Crippen MR) is 93.3 cm³/mol. The van der Waals surface area contributed by atoms with Crippen LogP contribution in [-0.4, -0.2) is 37.1 Å². The van der Waals surface area contributed by atoms with Crippen molar-refractivity contribution < 1.29 is 18.7 Å². The molecule has 1 fully saturated rings. The number of methoxy groups -OCH3 is 1. The maximum absolute atomic E-state index is 13.2. The normalized spacial score (nSPS) is 16.7. The van der Waals surface area contributed by atoms with Gasteiger partial charge in [-0.05, 0) is 36.2 Å². The van der Waals surface area contributed by atoms with Crippen LogP contribution in [0.1, 0.15) is 18.4 Å². The summed E-state index contributed by atoms with van der Waals surface area (Å²) in [6, 6.07) is 13.9. The minimum atomic E-state index is -0.318. The maximum atomic E-state index is 13.2. The number of hydrogen-bond donors (Lipinski definition) is 0. The van der Waals surface area contributed by atoms with E-state index < -0.39 is 0 Å². The van der Waals surface area contributed by atoms with Crippen LogP contribution in [0.15, 0.2) is 48.5 Å². The minimum Gasteiger partial charge on any atom is -0.497 e. The summed E-state index contributed by atoms with van der Waals surface area (Å²) in [4.78, 5) is 14.2. The van der Waals surface area contributed by atoms with Gasteiger partial charge >= 0.3 is 0 Å². The predicted octanol–water partition coefficient (Wildman–Crippen LogP) is 3.45. The molecule has 3 rings (SSSR count). The molecule has 0 bridgehead atoms. The number of benzene rings is 2. The highest BCUT2D eigenvalue weighted by Gasteiger charge is 2.27. The highest BCUT2D eigenvalue weighted by molar-refractivity contribution is 5.76. The Balaban J connectivity index is 1.48. The molecule has 2 aromatic rings. The fraction of sp³-hybridized carbons (Fsp3) is 0.350. The second-order valence-electron chi connectivity index (χ2n) is 6.18. The summed E-state index contributed by atoms with van der Waals surface area (Å²) in [6.45, 7) is 1.23. The van der Waals surface area contributed by atoms with Gasteiger partial charge in [-0.25, -0.2) is 4.39 Å². The molecule has 1 unspecified atom stereocenters. The van der Waals surface area contributed by atoms with Crippen LogP contribution in [0.3, 0.4) is 0 Å². The first-order chi connectivity index (χ1) is 12.1. The maximum Gasteiger partial charge on any atom is 0.223 e. The van der Waals surface area contributed by atoms with Crippen molar-refractivity contribution in [1.82, 2.24) is 4.90 Å². The molecule has 0 radical (unpaired) electrons. The lowest BCUT2D eigenvalue weighted by Gasteiger charge is -2.17. The van der Waals surface area contributed by atoms with Crippen LogP contribution in [0.2, 0.25) is 0 Å². The van der Waals surface area contributed by atoms with Gasteiger partial charge in [-0.3, -0.25) is 4.79 Å². The molecular weight excluding hydrogens is 321 g/mol. The number of nitrogens with zero attached hydrogens (tertiary/aromatic N) is 1. The molecular formula is C20H22FNO3. The molecule has 1 heterocycles. The first-order valence-corrected chi connectivity index (χ1v) is 8.47. The third-order valence-corrected chi connectivity index (χ3v) is 4.36. The smallest absolute Gasteiger partial charge is 0.223 e. The Kier molecular flexibility index (Phi) is 5.53. The molecule has 2 aromatic carbocycles. The van der Waals surface area contributed by atoms with E-state index in [-0.39, 0.29) is 17.8 Å². The molecule has 0 saturated carbocycles. The topological polar surface area (TPSA) is 38.8 Å². The molecule has 1 aliphatic rings. The van der Waals surface area contributed by atoms with E-state index in [1.807, 2.05) is 29.2 Å². The number of rotatable bonds is 6. The largest absolute Gasteiger partial charge is 0.497 e. The molecule has 1 atom stereocenters. The first-order valence-electron chi connectivity index (χ1n) is 8.47. The zero-order chi connectivity index (χ0) is 17.6. The Morgan fingerprint density at radius 3 is 2.80 bits per heavy atom. The van der Waals surface area contributed by atoms with Gasteiger partial charge in [0.15, 0.2) is 0 Å². The second-order valence-corrected chi connectivity index (χ2v) is 6.18. The summed E-state index contributed by atoms with van der Waals surface area (Å²) in [6.07, 6.45) is 1.83. The Morgan fingerprint density at radius 1 is 1.20 bits per heavy atom. The summed E-state index contributed by atoms with van der Waals surface area (Å²) in [7, 11) is 1.63. The van der Waals surface area contributed by atoms with Gasteiger partial charge in [0.1, 0.15) is 23.4 Å². The number of ether oxygens (including phenoxy) is 2. The zero-order valence-electron chi connectivity index (χ0n) is 14.3. The first kappa shape index (κ1) is 17.3. The quantitative estimate of drug-likeness (QED) is 0.806. The van der Waals surface area contributed by atoms with Crippen molar-refractivity contribution in [1.29, 1.82) is 0 Å². The van der Waals surface area contributed by atoms with Gasteiger partial charge in [0.2, 0.25) is 5.91 Å². The van der Waals surface area contributed by atoms with E-state index in [0.29, 0.717) is 31.7 Å². The Morgan fingerprint density at radius 2 is 2.00 bits per heavy atom. The lowest BCUT2D eigenvalue weighted by atomic mass is 10.1. The number of aryl methyl sites for hydroxylation is 1. The van der Waals surface area contributed by atoms with E-state index in [0.717, 1.165) is 17.7 Å². The van der Waals surface area contributed by atoms with E-state index in [4.69, 9.17) is 9.47 Å². The molecule has 0 aliphatic carbocycles. The molecule has 4 nitrogen and oxygen atoms in total. The van der Waals surface area contributed by atoms with Crippen LogP contribution in [0.25, 0.3) is 0 Å². The van der Waals surface area contributed by atoms with Crippen molar-refractivity contribution in [3.63, 3.8) is 0 Å². The van der Waals surface area contributed by atoms with Crippen molar-refractivity contribution in [2.75, 3.05) is 20.2 Å². The number of halogens is 1. The van der Waals surface area contributed by atoms with E-state index in [1.54, 1.807) is 19.2 Å². The van der Waals surface area contributed by atoms with Crippen molar-refractivity contribution in [3.8, 4) is 11.5 Å². The number of amides is 1. The fourth-order valence-corrected chi connectivity index (χ4v) is 3.02. The van der Waals surface area contributed by atoms with Crippen LogP contribution in [0.5, 0.6) is 11.5 Å². The van der Waals surface area contributed by atoms with Gasteiger partial charge < -0.3 is 14.4 Å². The van der Waals surface area contributed by atoms with Crippen molar-refractivity contribution in [2.45, 2.75) is 25.4 Å². The monoisotopic (exact) mass is 343 g/mol. The van der Waals surface area contributed by atoms with Crippen molar-refractivity contribution >= 4 is 5.91 Å². The Labute approximate surface area is 147 Å². The summed E-state index contributed by atoms with van der Waals surface area (Å²) in [5, 5.41) is 0. The average Bonchev–Trinajstić information content (AvgIpc) is 3.08. The summed E-state index contributed by atoms with van der Waals surface area (Å²) < 4.78 is 24.2. The van der Waals surface area contributed by atoms with Gasteiger partial charge in [0, 0.05) is 25.5 Å². The Hall–Kier alpha value is -2.56. The van der Waals surface area contributed by atoms with Gasteiger partial charge in [-0.1, -0.05) is 18.2 Å². The highest BCUT2D eigenvalue weighted by atomic mass is 19.1. The van der Waals surface area contributed by atoms with Crippen LogP contribution >= 0.6 is 0 Å².